The normalized spacial score (nSPS) is 8.92. The van der Waals surface area contributed by atoms with Crippen molar-refractivity contribution in [1.82, 2.24) is 0 Å². The van der Waals surface area contributed by atoms with E-state index in [1.807, 2.05) is 12.1 Å². The van der Waals surface area contributed by atoms with Crippen LogP contribution in [-0.2, 0) is 0 Å². The van der Waals surface area contributed by atoms with E-state index in [0.717, 1.165) is 0 Å². The third-order valence-electron chi connectivity index (χ3n) is 1.88. The summed E-state index contributed by atoms with van der Waals surface area (Å²) in [7, 11) is 0. The quantitative estimate of drug-likeness (QED) is 0.719. The van der Waals surface area contributed by atoms with Crippen LogP contribution in [0.25, 0.3) is 11.1 Å². The second kappa shape index (κ2) is 5.87. The third-order valence-corrected chi connectivity index (χ3v) is 1.88. The average Bonchev–Trinajstić information content (AvgIpc) is 2.21. The average molecular weight is 241 g/mol. The van der Waals surface area contributed by atoms with Crippen molar-refractivity contribution in [3.05, 3.63) is 60.7 Å². The van der Waals surface area contributed by atoms with Gasteiger partial charge >= 0.3 is 58.2 Å². The number of benzene rings is 2. The molecule has 0 aliphatic rings. The molecule has 0 aliphatic carbocycles. The van der Waals surface area contributed by atoms with Crippen molar-refractivity contribution in [1.29, 1.82) is 0 Å². The maximum Gasteiger partial charge on any atom is -0.0184 e. The summed E-state index contributed by atoms with van der Waals surface area (Å²) < 4.78 is 0. The summed E-state index contributed by atoms with van der Waals surface area (Å²) in [5.41, 5.74) is 2.55. The van der Waals surface area contributed by atoms with Gasteiger partial charge in [-0.3, -0.25) is 0 Å². The topological polar surface area (TPSA) is 0 Å². The molecule has 0 aliphatic heterocycles. The molecule has 0 N–H and O–H groups in total. The van der Waals surface area contributed by atoms with Crippen LogP contribution in [0.4, 0.5) is 0 Å². The van der Waals surface area contributed by atoms with Gasteiger partial charge < -0.3 is 0 Å². The van der Waals surface area contributed by atoms with Crippen LogP contribution in [-0.4, -0.2) is 58.2 Å². The van der Waals surface area contributed by atoms with Crippen LogP contribution in [0.5, 0.6) is 0 Å². The Morgan fingerprint density at radius 3 is 1.08 bits per heavy atom. The molecule has 0 aromatic heterocycles. The van der Waals surface area contributed by atoms with Crippen LogP contribution in [0.1, 0.15) is 0 Å². The molecule has 0 saturated heterocycles. The first kappa shape index (κ1) is 11.3. The van der Waals surface area contributed by atoms with E-state index in [2.05, 4.69) is 48.5 Å². The van der Waals surface area contributed by atoms with Crippen LogP contribution in [0, 0.1) is 0 Å². The van der Waals surface area contributed by atoms with Gasteiger partial charge in [0.25, 0.3) is 0 Å². The predicted molar refractivity (Wildman–Crippen MR) is 59.0 cm³/mol. The molecule has 0 fully saturated rings. The fourth-order valence-electron chi connectivity index (χ4n) is 1.26. The zero-order valence-corrected chi connectivity index (χ0v) is 6.77. The molecule has 0 bridgehead atoms. The van der Waals surface area contributed by atoms with Crippen molar-refractivity contribution in [2.75, 3.05) is 0 Å². The van der Waals surface area contributed by atoms with Gasteiger partial charge in [-0.15, -0.1) is 0 Å². The minimum atomic E-state index is 0. The zero-order chi connectivity index (χ0) is 8.23. The standard InChI is InChI=1S/C12H10.Rb.H/c1-3-7-11(8-4-1)12-9-5-2-6-10-12;;/h1-10H;;. The third kappa shape index (κ3) is 3.14. The first-order chi connectivity index (χ1) is 5.97. The molecule has 0 atom stereocenters. The summed E-state index contributed by atoms with van der Waals surface area (Å²) in [6, 6.07) is 20.8. The van der Waals surface area contributed by atoms with E-state index in [1.54, 1.807) is 0 Å². The van der Waals surface area contributed by atoms with E-state index in [-0.39, 0.29) is 58.2 Å². The molecule has 0 saturated carbocycles. The minimum absolute atomic E-state index is 0. The van der Waals surface area contributed by atoms with Gasteiger partial charge in [0, 0.05) is 0 Å². The van der Waals surface area contributed by atoms with Gasteiger partial charge in [0.05, 0.1) is 0 Å². The van der Waals surface area contributed by atoms with Gasteiger partial charge in [0.2, 0.25) is 0 Å². The first-order valence-electron chi connectivity index (χ1n) is 4.07. The smallest absolute Gasteiger partial charge is 0.0184 e. The van der Waals surface area contributed by atoms with E-state index < -0.39 is 0 Å². The monoisotopic (exact) mass is 240 g/mol. The minimum Gasteiger partial charge on any atom is -0.0622 e. The maximum atomic E-state index is 2.12. The number of hydrogen-bond donors (Lipinski definition) is 0. The van der Waals surface area contributed by atoms with E-state index in [4.69, 9.17) is 0 Å². The van der Waals surface area contributed by atoms with Crippen LogP contribution < -0.4 is 0 Å². The van der Waals surface area contributed by atoms with Crippen LogP contribution in [0.2, 0.25) is 0 Å². The van der Waals surface area contributed by atoms with E-state index >= 15 is 0 Å². The fourth-order valence-corrected chi connectivity index (χ4v) is 1.26. The molecule has 60 valence electrons. The second-order valence-electron chi connectivity index (χ2n) is 2.73. The molecule has 0 unspecified atom stereocenters. The summed E-state index contributed by atoms with van der Waals surface area (Å²) in [4.78, 5) is 0. The van der Waals surface area contributed by atoms with Gasteiger partial charge in [-0.25, -0.2) is 0 Å². The first-order valence-corrected chi connectivity index (χ1v) is 4.07. The fraction of sp³-hybridized carbons (Fsp3) is 0. The van der Waals surface area contributed by atoms with Crippen molar-refractivity contribution in [2.45, 2.75) is 0 Å². The summed E-state index contributed by atoms with van der Waals surface area (Å²) in [5.74, 6) is 0. The van der Waals surface area contributed by atoms with Crippen molar-refractivity contribution in [3.8, 4) is 11.1 Å². The van der Waals surface area contributed by atoms with E-state index in [9.17, 15) is 0 Å². The van der Waals surface area contributed by atoms with Crippen molar-refractivity contribution in [2.24, 2.45) is 0 Å². The predicted octanol–water partition coefficient (Wildman–Crippen LogP) is 2.71. The van der Waals surface area contributed by atoms with Crippen molar-refractivity contribution < 1.29 is 0 Å². The zero-order valence-electron chi connectivity index (χ0n) is 6.77. The van der Waals surface area contributed by atoms with Gasteiger partial charge in [-0.2, -0.15) is 0 Å². The molecular formula is C12H11Rb. The Balaban J connectivity index is 0.000000845. The van der Waals surface area contributed by atoms with E-state index in [0.29, 0.717) is 0 Å². The second-order valence-corrected chi connectivity index (χ2v) is 2.73. The Morgan fingerprint density at radius 1 is 0.462 bits per heavy atom. The van der Waals surface area contributed by atoms with Gasteiger partial charge in [0.1, 0.15) is 0 Å². The van der Waals surface area contributed by atoms with Crippen LogP contribution >= 0.6 is 0 Å². The Morgan fingerprint density at radius 2 is 0.769 bits per heavy atom. The summed E-state index contributed by atoms with van der Waals surface area (Å²) >= 11 is 0. The van der Waals surface area contributed by atoms with Gasteiger partial charge in [-0.05, 0) is 11.1 Å². The Labute approximate surface area is 128 Å². The molecule has 1 heteroatoms. The molecule has 2 rings (SSSR count). The largest absolute Gasteiger partial charge is 0.0622 e. The van der Waals surface area contributed by atoms with Crippen LogP contribution in [0.3, 0.4) is 0 Å². The molecule has 0 amide bonds. The van der Waals surface area contributed by atoms with Crippen molar-refractivity contribution >= 4 is 58.2 Å². The molecule has 0 radical (unpaired) electrons. The maximum absolute atomic E-state index is 2.12. The molecular weight excluding hydrogens is 230 g/mol. The molecule has 13 heavy (non-hydrogen) atoms. The number of hydrogen-bond acceptors (Lipinski definition) is 0. The van der Waals surface area contributed by atoms with Crippen molar-refractivity contribution in [3.63, 3.8) is 0 Å². The van der Waals surface area contributed by atoms with Gasteiger partial charge in [-0.1, -0.05) is 60.7 Å². The Bertz CT molecular complexity index is 303. The van der Waals surface area contributed by atoms with E-state index in [1.165, 1.54) is 11.1 Å². The van der Waals surface area contributed by atoms with Gasteiger partial charge in [0.15, 0.2) is 0 Å². The number of rotatable bonds is 1. The summed E-state index contributed by atoms with van der Waals surface area (Å²) in [5, 5.41) is 0. The summed E-state index contributed by atoms with van der Waals surface area (Å²) in [6.07, 6.45) is 0. The summed E-state index contributed by atoms with van der Waals surface area (Å²) in [6.45, 7) is 0. The Kier molecular flexibility index (Phi) is 5.11. The molecule has 2 aromatic rings. The molecule has 0 nitrogen and oxygen atoms in total. The molecule has 0 spiro atoms. The molecule has 0 heterocycles. The van der Waals surface area contributed by atoms with Crippen LogP contribution in [0.15, 0.2) is 60.7 Å². The SMILES string of the molecule is [RbH].c1ccc(-c2ccccc2)cc1. The Hall–Kier alpha value is 0.245. The molecule has 2 aromatic carbocycles.